The first-order chi connectivity index (χ1) is 9.31. The van der Waals surface area contributed by atoms with Crippen LogP contribution in [-0.2, 0) is 9.47 Å². The predicted molar refractivity (Wildman–Crippen MR) is 87.9 cm³/mol. The third-order valence-corrected chi connectivity index (χ3v) is 5.62. The molecular weight excluding hydrogens is 248 g/mol. The van der Waals surface area contributed by atoms with Gasteiger partial charge in [0.15, 0.2) is 5.79 Å². The highest BCUT2D eigenvalue weighted by Gasteiger charge is 2.42. The fourth-order valence-corrected chi connectivity index (χ4v) is 3.20. The van der Waals surface area contributed by atoms with Crippen LogP contribution in [0.1, 0.15) is 80.1 Å². The van der Waals surface area contributed by atoms with Gasteiger partial charge in [-0.3, -0.25) is 0 Å². The van der Waals surface area contributed by atoms with Gasteiger partial charge in [-0.15, -0.1) is 0 Å². The number of hydrogen-bond donors (Lipinski definition) is 0. The second-order valence-corrected chi connectivity index (χ2v) is 6.91. The van der Waals surface area contributed by atoms with Crippen LogP contribution >= 0.6 is 0 Å². The van der Waals surface area contributed by atoms with Gasteiger partial charge in [0.2, 0.25) is 0 Å². The number of rotatable bonds is 11. The zero-order valence-corrected chi connectivity index (χ0v) is 15.2. The van der Waals surface area contributed by atoms with Gasteiger partial charge in [-0.05, 0) is 23.7 Å². The highest BCUT2D eigenvalue weighted by atomic mass is 16.7. The molecule has 0 aliphatic carbocycles. The van der Waals surface area contributed by atoms with E-state index in [1.807, 2.05) is 0 Å². The minimum absolute atomic E-state index is 0.246. The summed E-state index contributed by atoms with van der Waals surface area (Å²) in [6, 6.07) is 0. The van der Waals surface area contributed by atoms with Crippen molar-refractivity contribution in [3.05, 3.63) is 0 Å². The molecule has 0 fully saturated rings. The van der Waals surface area contributed by atoms with E-state index in [4.69, 9.17) is 9.47 Å². The third kappa shape index (κ3) is 5.04. The topological polar surface area (TPSA) is 18.5 Å². The van der Waals surface area contributed by atoms with Gasteiger partial charge in [-0.2, -0.15) is 0 Å². The van der Waals surface area contributed by atoms with Gasteiger partial charge in [0, 0.05) is 20.6 Å². The molecule has 0 radical (unpaired) electrons. The Hall–Kier alpha value is -0.0800. The van der Waals surface area contributed by atoms with Crippen LogP contribution in [0.5, 0.6) is 0 Å². The number of methoxy groups -OCH3 is 2. The summed E-state index contributed by atoms with van der Waals surface area (Å²) in [5.74, 6) is 0.874. The van der Waals surface area contributed by atoms with Gasteiger partial charge < -0.3 is 9.47 Å². The Morgan fingerprint density at radius 3 is 1.85 bits per heavy atom. The maximum Gasteiger partial charge on any atom is 0.167 e. The molecule has 0 aliphatic heterocycles. The molecule has 0 amide bonds. The second kappa shape index (κ2) is 9.04. The van der Waals surface area contributed by atoms with Crippen LogP contribution in [-0.4, -0.2) is 20.0 Å². The minimum atomic E-state index is -0.433. The van der Waals surface area contributed by atoms with Crippen molar-refractivity contribution in [2.75, 3.05) is 14.2 Å². The molecule has 0 rings (SSSR count). The van der Waals surface area contributed by atoms with E-state index in [2.05, 4.69) is 41.5 Å². The van der Waals surface area contributed by atoms with Crippen LogP contribution in [0, 0.1) is 17.3 Å². The van der Waals surface area contributed by atoms with E-state index in [0.717, 1.165) is 12.8 Å². The highest BCUT2D eigenvalue weighted by molar-refractivity contribution is 4.88. The van der Waals surface area contributed by atoms with E-state index in [0.29, 0.717) is 11.8 Å². The quantitative estimate of drug-likeness (QED) is 0.361. The van der Waals surface area contributed by atoms with Gasteiger partial charge in [-0.25, -0.2) is 0 Å². The molecule has 122 valence electrons. The monoisotopic (exact) mass is 286 g/mol. The van der Waals surface area contributed by atoms with Crippen LogP contribution in [0.25, 0.3) is 0 Å². The average molecular weight is 286 g/mol. The third-order valence-electron chi connectivity index (χ3n) is 5.62. The van der Waals surface area contributed by atoms with Crippen molar-refractivity contribution in [3.8, 4) is 0 Å². The molecule has 0 aromatic rings. The number of ether oxygens (including phenoxy) is 2. The van der Waals surface area contributed by atoms with Crippen molar-refractivity contribution >= 4 is 0 Å². The molecule has 2 nitrogen and oxygen atoms in total. The summed E-state index contributed by atoms with van der Waals surface area (Å²) in [5, 5.41) is 0. The summed E-state index contributed by atoms with van der Waals surface area (Å²) < 4.78 is 11.5. The number of unbranched alkanes of at least 4 members (excludes halogenated alkanes) is 2. The van der Waals surface area contributed by atoms with Crippen molar-refractivity contribution < 1.29 is 9.47 Å². The molecule has 2 heteroatoms. The number of hydrogen-bond acceptors (Lipinski definition) is 2. The molecule has 0 N–H and O–H groups in total. The molecule has 0 aliphatic rings. The Balaban J connectivity index is 4.99. The van der Waals surface area contributed by atoms with Crippen LogP contribution < -0.4 is 0 Å². The SMILES string of the molecule is CCCCCC(C)C(C)(CC(CC)(OC)OC)C(C)C. The summed E-state index contributed by atoms with van der Waals surface area (Å²) in [5.41, 5.74) is 0.246. The molecule has 2 atom stereocenters. The Labute approximate surface area is 127 Å². The maximum atomic E-state index is 5.74. The van der Waals surface area contributed by atoms with Crippen LogP contribution in [0.15, 0.2) is 0 Å². The van der Waals surface area contributed by atoms with Crippen molar-refractivity contribution in [2.24, 2.45) is 17.3 Å². The van der Waals surface area contributed by atoms with Crippen molar-refractivity contribution in [2.45, 2.75) is 85.9 Å². The Morgan fingerprint density at radius 2 is 1.50 bits per heavy atom. The molecule has 0 saturated carbocycles. The van der Waals surface area contributed by atoms with Gasteiger partial charge in [-0.1, -0.05) is 67.2 Å². The van der Waals surface area contributed by atoms with E-state index < -0.39 is 5.79 Å². The highest BCUT2D eigenvalue weighted by Crippen LogP contribution is 2.46. The van der Waals surface area contributed by atoms with Crippen LogP contribution in [0.4, 0.5) is 0 Å². The molecule has 20 heavy (non-hydrogen) atoms. The first-order valence-corrected chi connectivity index (χ1v) is 8.42. The predicted octanol–water partition coefficient (Wildman–Crippen LogP) is 5.65. The largest absolute Gasteiger partial charge is 0.353 e. The smallest absolute Gasteiger partial charge is 0.167 e. The molecule has 0 saturated heterocycles. The Bertz CT molecular complexity index is 238. The van der Waals surface area contributed by atoms with Crippen molar-refractivity contribution in [1.82, 2.24) is 0 Å². The zero-order valence-electron chi connectivity index (χ0n) is 15.2. The van der Waals surface area contributed by atoms with Crippen LogP contribution in [0.3, 0.4) is 0 Å². The first-order valence-electron chi connectivity index (χ1n) is 8.42. The lowest BCUT2D eigenvalue weighted by atomic mass is 9.64. The lowest BCUT2D eigenvalue weighted by Gasteiger charge is -2.46. The van der Waals surface area contributed by atoms with E-state index in [9.17, 15) is 0 Å². The summed E-state index contributed by atoms with van der Waals surface area (Å²) in [4.78, 5) is 0. The average Bonchev–Trinajstić information content (AvgIpc) is 2.44. The molecular formula is C18H38O2. The normalized spacial score (nSPS) is 17.2. The van der Waals surface area contributed by atoms with Gasteiger partial charge >= 0.3 is 0 Å². The Kier molecular flexibility index (Phi) is 9.01. The molecule has 0 heterocycles. The van der Waals surface area contributed by atoms with E-state index >= 15 is 0 Å². The summed E-state index contributed by atoms with van der Waals surface area (Å²) in [6.45, 7) is 13.9. The van der Waals surface area contributed by atoms with Gasteiger partial charge in [0.05, 0.1) is 0 Å². The fourth-order valence-electron chi connectivity index (χ4n) is 3.20. The lowest BCUT2D eigenvalue weighted by Crippen LogP contribution is -2.44. The van der Waals surface area contributed by atoms with Crippen molar-refractivity contribution in [3.63, 3.8) is 0 Å². The van der Waals surface area contributed by atoms with Gasteiger partial charge in [0.25, 0.3) is 0 Å². The summed E-state index contributed by atoms with van der Waals surface area (Å²) >= 11 is 0. The standard InChI is InChI=1S/C18H38O2/c1-9-11-12-13-16(5)17(6,15(3)4)14-18(10-2,19-7)20-8/h15-16H,9-14H2,1-8H3. The summed E-state index contributed by atoms with van der Waals surface area (Å²) in [7, 11) is 3.55. The lowest BCUT2D eigenvalue weighted by molar-refractivity contribution is -0.234. The van der Waals surface area contributed by atoms with E-state index in [-0.39, 0.29) is 5.41 Å². The molecule has 0 bridgehead atoms. The zero-order chi connectivity index (χ0) is 15.8. The molecule has 0 spiro atoms. The molecule has 0 aromatic heterocycles. The first kappa shape index (κ1) is 19.9. The second-order valence-electron chi connectivity index (χ2n) is 6.91. The molecule has 2 unspecified atom stereocenters. The maximum absolute atomic E-state index is 5.74. The van der Waals surface area contributed by atoms with Gasteiger partial charge in [0.1, 0.15) is 0 Å². The molecule has 0 aromatic carbocycles. The van der Waals surface area contributed by atoms with E-state index in [1.165, 1.54) is 25.7 Å². The summed E-state index contributed by atoms with van der Waals surface area (Å²) in [6.07, 6.45) is 7.12. The minimum Gasteiger partial charge on any atom is -0.353 e. The van der Waals surface area contributed by atoms with Crippen molar-refractivity contribution in [1.29, 1.82) is 0 Å². The fraction of sp³-hybridized carbons (Fsp3) is 1.00. The van der Waals surface area contributed by atoms with Crippen LogP contribution in [0.2, 0.25) is 0 Å². The Morgan fingerprint density at radius 1 is 0.950 bits per heavy atom. The van der Waals surface area contributed by atoms with E-state index in [1.54, 1.807) is 14.2 Å².